The molecule has 3 aromatic rings. The van der Waals surface area contributed by atoms with Gasteiger partial charge >= 0.3 is 0 Å². The van der Waals surface area contributed by atoms with Crippen LogP contribution in [-0.2, 0) is 4.74 Å². The van der Waals surface area contributed by atoms with Gasteiger partial charge in [-0.1, -0.05) is 0 Å². The van der Waals surface area contributed by atoms with Crippen molar-refractivity contribution in [2.24, 2.45) is 4.99 Å². The molecule has 2 N–H and O–H groups in total. The van der Waals surface area contributed by atoms with Crippen LogP contribution in [0.1, 0.15) is 6.42 Å². The molecule has 2 aliphatic rings. The van der Waals surface area contributed by atoms with Crippen molar-refractivity contribution in [2.45, 2.75) is 6.42 Å². The number of thiazole rings is 2. The van der Waals surface area contributed by atoms with Crippen molar-refractivity contribution in [3.8, 4) is 27.7 Å². The van der Waals surface area contributed by atoms with Gasteiger partial charge in [-0.05, 0) is 30.7 Å². The first-order valence-corrected chi connectivity index (χ1v) is 12.6. The Morgan fingerprint density at radius 1 is 1.06 bits per heavy atom. The van der Waals surface area contributed by atoms with Crippen LogP contribution in [0.15, 0.2) is 40.0 Å². The number of guanidine groups is 1. The standard InChI is InChI=1S/C22H26N6O2S2/c1-6-23-21(24-7-1)27-22-26-19(15-32-22)18-14-31-20(25-18)16-2-4-17(5-3-16)30-13-10-28-8-11-29-12-9-28/h2-5,14-15H,1,6-13H2,(H2,23,24,26,27). The molecule has 0 saturated carbocycles. The molecule has 1 saturated heterocycles. The van der Waals surface area contributed by atoms with E-state index in [0.717, 1.165) is 91.2 Å². The van der Waals surface area contributed by atoms with Gasteiger partial charge in [0.2, 0.25) is 0 Å². The average molecular weight is 471 g/mol. The molecule has 0 spiro atoms. The number of benzene rings is 1. The van der Waals surface area contributed by atoms with Gasteiger partial charge < -0.3 is 20.1 Å². The second kappa shape index (κ2) is 10.4. The van der Waals surface area contributed by atoms with Crippen LogP contribution < -0.4 is 15.4 Å². The van der Waals surface area contributed by atoms with E-state index in [4.69, 9.17) is 14.5 Å². The van der Waals surface area contributed by atoms with Crippen molar-refractivity contribution in [3.05, 3.63) is 35.0 Å². The molecule has 0 radical (unpaired) electrons. The predicted octanol–water partition coefficient (Wildman–Crippen LogP) is 3.41. The molecular formula is C22H26N6O2S2. The summed E-state index contributed by atoms with van der Waals surface area (Å²) in [5, 5.41) is 12.4. The van der Waals surface area contributed by atoms with Gasteiger partial charge in [-0.15, -0.1) is 22.7 Å². The van der Waals surface area contributed by atoms with Gasteiger partial charge in [0.1, 0.15) is 28.8 Å². The van der Waals surface area contributed by atoms with Gasteiger partial charge in [-0.3, -0.25) is 9.89 Å². The van der Waals surface area contributed by atoms with Crippen molar-refractivity contribution >= 4 is 33.8 Å². The molecule has 0 bridgehead atoms. The highest BCUT2D eigenvalue weighted by atomic mass is 32.1. The van der Waals surface area contributed by atoms with Crippen LogP contribution in [0.25, 0.3) is 22.0 Å². The molecule has 32 heavy (non-hydrogen) atoms. The summed E-state index contributed by atoms with van der Waals surface area (Å²) in [6.07, 6.45) is 1.07. The lowest BCUT2D eigenvalue weighted by atomic mass is 10.2. The van der Waals surface area contributed by atoms with Gasteiger partial charge in [-0.2, -0.15) is 0 Å². The Kier molecular flexibility index (Phi) is 6.92. The van der Waals surface area contributed by atoms with E-state index in [0.29, 0.717) is 6.61 Å². The van der Waals surface area contributed by atoms with Crippen molar-refractivity contribution in [1.82, 2.24) is 20.2 Å². The molecule has 0 aliphatic carbocycles. The smallest absolute Gasteiger partial charge is 0.197 e. The van der Waals surface area contributed by atoms with Crippen molar-refractivity contribution < 1.29 is 9.47 Å². The third-order valence-electron chi connectivity index (χ3n) is 5.27. The highest BCUT2D eigenvalue weighted by molar-refractivity contribution is 7.14. The quantitative estimate of drug-likeness (QED) is 0.547. The molecule has 0 amide bonds. The largest absolute Gasteiger partial charge is 0.492 e. The number of hydrogen-bond acceptors (Lipinski definition) is 10. The number of nitrogens with one attached hydrogen (secondary N) is 2. The van der Waals surface area contributed by atoms with Crippen LogP contribution in [0.2, 0.25) is 0 Å². The molecule has 1 fully saturated rings. The van der Waals surface area contributed by atoms with Crippen LogP contribution in [-0.4, -0.2) is 73.4 Å². The van der Waals surface area contributed by atoms with E-state index in [2.05, 4.69) is 43.0 Å². The summed E-state index contributed by atoms with van der Waals surface area (Å²) in [6, 6.07) is 8.15. The number of ether oxygens (including phenoxy) is 2. The number of hydrogen-bond donors (Lipinski definition) is 2. The lowest BCUT2D eigenvalue weighted by Crippen LogP contribution is -2.38. The number of aromatic nitrogens is 2. The number of nitrogens with zero attached hydrogens (tertiary/aromatic N) is 4. The molecule has 5 rings (SSSR count). The number of rotatable bonds is 7. The fraction of sp³-hybridized carbons (Fsp3) is 0.409. The Morgan fingerprint density at radius 2 is 1.88 bits per heavy atom. The topological polar surface area (TPSA) is 83.9 Å². The normalized spacial score (nSPS) is 16.9. The fourth-order valence-electron chi connectivity index (χ4n) is 3.50. The second-order valence-electron chi connectivity index (χ2n) is 7.54. The Morgan fingerprint density at radius 3 is 2.69 bits per heavy atom. The second-order valence-corrected chi connectivity index (χ2v) is 9.25. The minimum absolute atomic E-state index is 0.683. The van der Waals surface area contributed by atoms with Crippen LogP contribution in [0.3, 0.4) is 0 Å². The first-order chi connectivity index (χ1) is 15.8. The van der Waals surface area contributed by atoms with E-state index in [-0.39, 0.29) is 0 Å². The number of aliphatic imine (C=N–C) groups is 1. The van der Waals surface area contributed by atoms with E-state index < -0.39 is 0 Å². The third kappa shape index (κ3) is 5.44. The zero-order chi connectivity index (χ0) is 21.6. The Balaban J connectivity index is 1.17. The predicted molar refractivity (Wildman–Crippen MR) is 130 cm³/mol. The molecule has 10 heteroatoms. The minimum Gasteiger partial charge on any atom is -0.492 e. The molecule has 1 aromatic carbocycles. The summed E-state index contributed by atoms with van der Waals surface area (Å²) in [5.74, 6) is 1.68. The highest BCUT2D eigenvalue weighted by Gasteiger charge is 2.13. The molecule has 0 unspecified atom stereocenters. The van der Waals surface area contributed by atoms with E-state index in [1.54, 1.807) is 22.7 Å². The summed E-state index contributed by atoms with van der Waals surface area (Å²) in [6.45, 7) is 6.99. The number of anilines is 1. The highest BCUT2D eigenvalue weighted by Crippen LogP contribution is 2.31. The maximum atomic E-state index is 5.91. The molecule has 4 heterocycles. The van der Waals surface area contributed by atoms with Gasteiger partial charge in [0.25, 0.3) is 0 Å². The zero-order valence-electron chi connectivity index (χ0n) is 17.7. The van der Waals surface area contributed by atoms with E-state index in [1.807, 2.05) is 17.5 Å². The summed E-state index contributed by atoms with van der Waals surface area (Å²) in [7, 11) is 0. The SMILES string of the molecule is c1cc(-c2nc(-c3csc(NC4=NCCCN4)n3)cs2)ccc1OCCN1CCOCC1. The molecular weight excluding hydrogens is 444 g/mol. The molecule has 168 valence electrons. The first kappa shape index (κ1) is 21.3. The molecule has 2 aromatic heterocycles. The minimum atomic E-state index is 0.683. The van der Waals surface area contributed by atoms with Crippen LogP contribution in [0.5, 0.6) is 5.75 Å². The maximum Gasteiger partial charge on any atom is 0.197 e. The third-order valence-corrected chi connectivity index (χ3v) is 6.92. The average Bonchev–Trinajstić information content (AvgIpc) is 3.51. The van der Waals surface area contributed by atoms with Crippen LogP contribution in [0, 0.1) is 0 Å². The van der Waals surface area contributed by atoms with Gasteiger partial charge in [0.05, 0.1) is 13.2 Å². The summed E-state index contributed by atoms with van der Waals surface area (Å²) < 4.78 is 11.3. The van der Waals surface area contributed by atoms with Crippen LogP contribution >= 0.6 is 22.7 Å². The Hall–Kier alpha value is -2.53. The van der Waals surface area contributed by atoms with E-state index >= 15 is 0 Å². The monoisotopic (exact) mass is 470 g/mol. The molecule has 2 aliphatic heterocycles. The summed E-state index contributed by atoms with van der Waals surface area (Å²) in [5.41, 5.74) is 2.84. The maximum absolute atomic E-state index is 5.91. The van der Waals surface area contributed by atoms with Crippen molar-refractivity contribution in [1.29, 1.82) is 0 Å². The van der Waals surface area contributed by atoms with Gasteiger partial charge in [-0.25, -0.2) is 9.97 Å². The first-order valence-electron chi connectivity index (χ1n) is 10.8. The summed E-state index contributed by atoms with van der Waals surface area (Å²) >= 11 is 3.18. The van der Waals surface area contributed by atoms with Crippen LogP contribution in [0.4, 0.5) is 5.13 Å². The molecule has 8 nitrogen and oxygen atoms in total. The van der Waals surface area contributed by atoms with Gasteiger partial charge in [0, 0.05) is 49.0 Å². The van der Waals surface area contributed by atoms with Gasteiger partial charge in [0.15, 0.2) is 11.1 Å². The Labute approximate surface area is 195 Å². The van der Waals surface area contributed by atoms with E-state index in [9.17, 15) is 0 Å². The zero-order valence-corrected chi connectivity index (χ0v) is 19.4. The van der Waals surface area contributed by atoms with Crippen molar-refractivity contribution in [2.75, 3.05) is 57.9 Å². The Bertz CT molecular complexity index is 1040. The number of morpholine rings is 1. The van der Waals surface area contributed by atoms with E-state index in [1.165, 1.54) is 0 Å². The molecule has 0 atom stereocenters. The lowest BCUT2D eigenvalue weighted by Gasteiger charge is -2.26. The fourth-order valence-corrected chi connectivity index (χ4v) is 5.02. The lowest BCUT2D eigenvalue weighted by molar-refractivity contribution is 0.0322. The summed E-state index contributed by atoms with van der Waals surface area (Å²) in [4.78, 5) is 16.3. The van der Waals surface area contributed by atoms with Crippen molar-refractivity contribution in [3.63, 3.8) is 0 Å².